The summed E-state index contributed by atoms with van der Waals surface area (Å²) >= 11 is 0. The lowest BCUT2D eigenvalue weighted by molar-refractivity contribution is -0.193. The maximum Gasteiger partial charge on any atom is 0.171 e. The number of fused-ring (bicyclic) bond motifs is 6. The normalized spacial score (nSPS) is 56.8. The van der Waals surface area contributed by atoms with Crippen LogP contribution in [0.15, 0.2) is 0 Å². The molecule has 3 heteroatoms. The molecule has 1 heterocycles. The zero-order chi connectivity index (χ0) is 9.34. The third-order valence-corrected chi connectivity index (χ3v) is 4.96. The topological polar surface area (TPSA) is 38.7 Å². The van der Waals surface area contributed by atoms with Crippen LogP contribution in [-0.2, 0) is 9.47 Å². The van der Waals surface area contributed by atoms with Crippen LogP contribution in [0.2, 0.25) is 0 Å². The first-order valence-corrected chi connectivity index (χ1v) is 5.74. The summed E-state index contributed by atoms with van der Waals surface area (Å²) in [6.07, 6.45) is 2.38. The number of aliphatic hydroxyl groups excluding tert-OH is 1. The molecule has 0 aromatic heterocycles. The lowest BCUT2D eigenvalue weighted by Gasteiger charge is -2.31. The van der Waals surface area contributed by atoms with Gasteiger partial charge in [0.2, 0.25) is 0 Å². The molecule has 1 aliphatic heterocycles. The van der Waals surface area contributed by atoms with Crippen molar-refractivity contribution in [2.24, 2.45) is 29.6 Å². The Morgan fingerprint density at radius 2 is 2.00 bits per heavy atom. The van der Waals surface area contributed by atoms with Gasteiger partial charge < -0.3 is 14.6 Å². The van der Waals surface area contributed by atoms with E-state index >= 15 is 0 Å². The van der Waals surface area contributed by atoms with Gasteiger partial charge in [-0.2, -0.15) is 0 Å². The molecular formula is C11H16O3. The summed E-state index contributed by atoms with van der Waals surface area (Å²) in [5, 5.41) is 9.22. The van der Waals surface area contributed by atoms with Crippen LogP contribution in [-0.4, -0.2) is 30.7 Å². The molecule has 0 radical (unpaired) electrons. The van der Waals surface area contributed by atoms with E-state index in [4.69, 9.17) is 9.47 Å². The second-order valence-corrected chi connectivity index (χ2v) is 5.32. The van der Waals surface area contributed by atoms with E-state index in [9.17, 15) is 5.11 Å². The highest BCUT2D eigenvalue weighted by Gasteiger charge is 2.73. The lowest BCUT2D eigenvalue weighted by atomic mass is 9.94. The third kappa shape index (κ3) is 0.730. The molecule has 14 heavy (non-hydrogen) atoms. The van der Waals surface area contributed by atoms with E-state index in [2.05, 4.69) is 0 Å². The van der Waals surface area contributed by atoms with Gasteiger partial charge in [-0.15, -0.1) is 0 Å². The highest BCUT2D eigenvalue weighted by atomic mass is 16.7. The van der Waals surface area contributed by atoms with Crippen molar-refractivity contribution in [3.63, 3.8) is 0 Å². The van der Waals surface area contributed by atoms with Crippen LogP contribution in [0, 0.1) is 29.6 Å². The molecule has 5 atom stereocenters. The Balaban J connectivity index is 1.65. The molecular weight excluding hydrogens is 180 g/mol. The first kappa shape index (κ1) is 8.08. The van der Waals surface area contributed by atoms with Crippen LogP contribution < -0.4 is 0 Å². The van der Waals surface area contributed by atoms with E-state index in [-0.39, 0.29) is 5.79 Å². The van der Waals surface area contributed by atoms with Crippen LogP contribution >= 0.6 is 0 Å². The summed E-state index contributed by atoms with van der Waals surface area (Å²) in [6, 6.07) is 0. The Hall–Kier alpha value is -0.120. The lowest BCUT2D eigenvalue weighted by Crippen LogP contribution is -2.37. The first-order chi connectivity index (χ1) is 6.86. The van der Waals surface area contributed by atoms with Crippen LogP contribution in [0.1, 0.15) is 12.8 Å². The molecule has 1 spiro atoms. The predicted molar refractivity (Wildman–Crippen MR) is 48.4 cm³/mol. The van der Waals surface area contributed by atoms with Crippen molar-refractivity contribution in [3.8, 4) is 0 Å². The number of rotatable bonds is 1. The van der Waals surface area contributed by atoms with Gasteiger partial charge in [0, 0.05) is 18.9 Å². The molecule has 2 bridgehead atoms. The SMILES string of the molecule is OC[C@H]1[C@@H]2[C@H]1[C@@H]1C[C@H]2C2(C1)OCCO2. The van der Waals surface area contributed by atoms with E-state index in [1.54, 1.807) is 0 Å². The van der Waals surface area contributed by atoms with Crippen molar-refractivity contribution in [2.75, 3.05) is 19.8 Å². The monoisotopic (exact) mass is 196 g/mol. The summed E-state index contributed by atoms with van der Waals surface area (Å²) in [5.74, 6) is 3.26. The van der Waals surface area contributed by atoms with E-state index in [1.165, 1.54) is 6.42 Å². The van der Waals surface area contributed by atoms with Gasteiger partial charge in [0.25, 0.3) is 0 Å². The Kier molecular flexibility index (Phi) is 1.35. The van der Waals surface area contributed by atoms with Crippen molar-refractivity contribution in [1.29, 1.82) is 0 Å². The third-order valence-electron chi connectivity index (χ3n) is 4.96. The zero-order valence-corrected chi connectivity index (χ0v) is 8.19. The molecule has 4 rings (SSSR count). The molecule has 78 valence electrons. The number of hydrogen-bond donors (Lipinski definition) is 1. The standard InChI is InChI=1S/C11H16O3/c12-5-7-9-6-3-8(10(7)9)11(4-6)13-1-2-14-11/h6-10,12H,1-5H2/t6-,7-,8-,9+,10+/m1/s1. The minimum Gasteiger partial charge on any atom is -0.396 e. The van der Waals surface area contributed by atoms with Crippen LogP contribution in [0.4, 0.5) is 0 Å². The fourth-order valence-corrected chi connectivity index (χ4v) is 4.55. The van der Waals surface area contributed by atoms with Crippen molar-refractivity contribution in [1.82, 2.24) is 0 Å². The Labute approximate surface area is 83.4 Å². The van der Waals surface area contributed by atoms with Gasteiger partial charge in [-0.05, 0) is 30.1 Å². The largest absolute Gasteiger partial charge is 0.396 e. The molecule has 4 fully saturated rings. The highest BCUT2D eigenvalue weighted by molar-refractivity contribution is 5.18. The fraction of sp³-hybridized carbons (Fsp3) is 1.00. The molecule has 3 aliphatic carbocycles. The maximum atomic E-state index is 9.22. The van der Waals surface area contributed by atoms with Crippen LogP contribution in [0.25, 0.3) is 0 Å². The predicted octanol–water partition coefficient (Wildman–Crippen LogP) is 0.624. The van der Waals surface area contributed by atoms with Gasteiger partial charge in [-0.25, -0.2) is 0 Å². The van der Waals surface area contributed by atoms with Gasteiger partial charge in [0.1, 0.15) is 0 Å². The minimum absolute atomic E-state index is 0.213. The van der Waals surface area contributed by atoms with Gasteiger partial charge in [-0.3, -0.25) is 0 Å². The van der Waals surface area contributed by atoms with Gasteiger partial charge in [0.15, 0.2) is 5.79 Å². The smallest absolute Gasteiger partial charge is 0.171 e. The summed E-state index contributed by atoms with van der Waals surface area (Å²) in [4.78, 5) is 0. The second kappa shape index (κ2) is 2.34. The van der Waals surface area contributed by atoms with Crippen molar-refractivity contribution in [2.45, 2.75) is 18.6 Å². The molecule has 4 aliphatic rings. The van der Waals surface area contributed by atoms with E-state index < -0.39 is 0 Å². The van der Waals surface area contributed by atoms with E-state index in [1.807, 2.05) is 0 Å². The molecule has 3 nitrogen and oxygen atoms in total. The van der Waals surface area contributed by atoms with Crippen molar-refractivity contribution >= 4 is 0 Å². The summed E-state index contributed by atoms with van der Waals surface area (Å²) in [6.45, 7) is 1.91. The van der Waals surface area contributed by atoms with Gasteiger partial charge in [0.05, 0.1) is 13.2 Å². The second-order valence-electron chi connectivity index (χ2n) is 5.32. The van der Waals surface area contributed by atoms with Crippen molar-refractivity contribution in [3.05, 3.63) is 0 Å². The average molecular weight is 196 g/mol. The molecule has 3 saturated carbocycles. The summed E-state index contributed by atoms with van der Waals surface area (Å²) in [7, 11) is 0. The molecule has 0 aromatic carbocycles. The quantitative estimate of drug-likeness (QED) is 0.668. The Morgan fingerprint density at radius 1 is 1.21 bits per heavy atom. The summed E-state index contributed by atoms with van der Waals surface area (Å²) in [5.41, 5.74) is 0. The molecule has 1 saturated heterocycles. The number of ether oxygens (including phenoxy) is 2. The van der Waals surface area contributed by atoms with Crippen LogP contribution in [0.5, 0.6) is 0 Å². The average Bonchev–Trinajstić information content (AvgIpc) is 2.55. The summed E-state index contributed by atoms with van der Waals surface area (Å²) < 4.78 is 11.6. The zero-order valence-electron chi connectivity index (χ0n) is 8.19. The molecule has 0 amide bonds. The Morgan fingerprint density at radius 3 is 2.71 bits per heavy atom. The van der Waals surface area contributed by atoms with Gasteiger partial charge in [-0.1, -0.05) is 0 Å². The Bertz CT molecular complexity index is 272. The number of aliphatic hydroxyl groups is 1. The highest BCUT2D eigenvalue weighted by Crippen LogP contribution is 2.73. The van der Waals surface area contributed by atoms with Crippen LogP contribution in [0.3, 0.4) is 0 Å². The van der Waals surface area contributed by atoms with Gasteiger partial charge >= 0.3 is 0 Å². The molecule has 1 N–H and O–H groups in total. The van der Waals surface area contributed by atoms with Crippen molar-refractivity contribution < 1.29 is 14.6 Å². The molecule has 0 unspecified atom stereocenters. The molecule has 0 aromatic rings. The maximum absolute atomic E-state index is 9.22. The fourth-order valence-electron chi connectivity index (χ4n) is 4.55. The number of hydrogen-bond acceptors (Lipinski definition) is 3. The minimum atomic E-state index is -0.213. The first-order valence-electron chi connectivity index (χ1n) is 5.74. The van der Waals surface area contributed by atoms with E-state index in [0.29, 0.717) is 18.4 Å². The van der Waals surface area contributed by atoms with E-state index in [0.717, 1.165) is 37.4 Å².